The average Bonchev–Trinajstić information content (AvgIpc) is 2.84. The highest BCUT2D eigenvalue weighted by molar-refractivity contribution is 5.26. The maximum atomic E-state index is 3.88. The molecule has 0 unspecified atom stereocenters. The molecule has 0 saturated heterocycles. The Bertz CT molecular complexity index is 290. The first-order valence-electron chi connectivity index (χ1n) is 6.78. The summed E-state index contributed by atoms with van der Waals surface area (Å²) in [4.78, 5) is 0. The fourth-order valence-electron chi connectivity index (χ4n) is 2.72. The predicted octanol–water partition coefficient (Wildman–Crippen LogP) is 4.89. The molecule has 16 heavy (non-hydrogen) atoms. The summed E-state index contributed by atoms with van der Waals surface area (Å²) in [6.07, 6.45) is 10.5. The lowest BCUT2D eigenvalue weighted by molar-refractivity contribution is 0.719. The molecule has 0 amide bonds. The Morgan fingerprint density at radius 3 is 2.31 bits per heavy atom. The van der Waals surface area contributed by atoms with Gasteiger partial charge in [-0.25, -0.2) is 0 Å². The van der Waals surface area contributed by atoms with Gasteiger partial charge in [0.2, 0.25) is 0 Å². The first-order valence-corrected chi connectivity index (χ1v) is 6.78. The second kappa shape index (κ2) is 6.08. The highest BCUT2D eigenvalue weighted by Crippen LogP contribution is 2.33. The van der Waals surface area contributed by atoms with Crippen LogP contribution in [0.5, 0.6) is 0 Å². The van der Waals surface area contributed by atoms with Gasteiger partial charge in [-0.1, -0.05) is 56.9 Å². The Hall–Kier alpha value is -0.780. The summed E-state index contributed by atoms with van der Waals surface area (Å²) >= 11 is 0. The standard InChI is InChI=1S/C16H23/c1-2-3-4-7-14-10-12-16(13-11-14)15-8-5-6-9-15/h10-13,15H,1-9H2. The molecule has 0 N–H and O–H groups in total. The van der Waals surface area contributed by atoms with Gasteiger partial charge in [0, 0.05) is 0 Å². The highest BCUT2D eigenvalue weighted by atomic mass is 14.2. The molecule has 1 aromatic rings. The maximum Gasteiger partial charge on any atom is -0.0162 e. The van der Waals surface area contributed by atoms with Crippen LogP contribution in [0.4, 0.5) is 0 Å². The molecule has 1 fully saturated rings. The zero-order valence-corrected chi connectivity index (χ0v) is 10.3. The van der Waals surface area contributed by atoms with E-state index in [1.54, 1.807) is 5.56 Å². The first kappa shape index (κ1) is 11.7. The monoisotopic (exact) mass is 215 g/mol. The van der Waals surface area contributed by atoms with E-state index in [0.717, 1.165) is 12.3 Å². The lowest BCUT2D eigenvalue weighted by atomic mass is 9.96. The zero-order valence-electron chi connectivity index (χ0n) is 10.3. The molecule has 1 aliphatic rings. The van der Waals surface area contributed by atoms with Crippen molar-refractivity contribution in [1.29, 1.82) is 0 Å². The van der Waals surface area contributed by atoms with Crippen LogP contribution in [-0.2, 0) is 6.42 Å². The quantitative estimate of drug-likeness (QED) is 0.613. The van der Waals surface area contributed by atoms with Gasteiger partial charge in [0.05, 0.1) is 0 Å². The molecule has 0 heteroatoms. The number of hydrogen-bond donors (Lipinski definition) is 0. The van der Waals surface area contributed by atoms with Crippen LogP contribution < -0.4 is 0 Å². The van der Waals surface area contributed by atoms with E-state index in [1.807, 2.05) is 0 Å². The molecule has 1 aliphatic carbocycles. The fraction of sp³-hybridized carbons (Fsp3) is 0.562. The molecule has 0 nitrogen and oxygen atoms in total. The lowest BCUT2D eigenvalue weighted by Crippen LogP contribution is -1.93. The van der Waals surface area contributed by atoms with Crippen LogP contribution in [-0.4, -0.2) is 0 Å². The minimum absolute atomic E-state index is 0.855. The molecule has 0 atom stereocenters. The van der Waals surface area contributed by atoms with E-state index in [0.29, 0.717) is 0 Å². The summed E-state index contributed by atoms with van der Waals surface area (Å²) in [5, 5.41) is 0. The van der Waals surface area contributed by atoms with Crippen molar-refractivity contribution in [2.24, 2.45) is 0 Å². The summed E-state index contributed by atoms with van der Waals surface area (Å²) in [7, 11) is 0. The van der Waals surface area contributed by atoms with Gasteiger partial charge < -0.3 is 0 Å². The number of hydrogen-bond acceptors (Lipinski definition) is 0. The van der Waals surface area contributed by atoms with Crippen LogP contribution in [0.15, 0.2) is 24.3 Å². The molecular weight excluding hydrogens is 192 g/mol. The van der Waals surface area contributed by atoms with Crippen molar-refractivity contribution < 1.29 is 0 Å². The molecule has 0 spiro atoms. The van der Waals surface area contributed by atoms with E-state index in [-0.39, 0.29) is 0 Å². The SMILES string of the molecule is [CH2]CCCCc1ccc(C2CCCC2)cc1. The van der Waals surface area contributed by atoms with Gasteiger partial charge in [-0.2, -0.15) is 0 Å². The second-order valence-electron chi connectivity index (χ2n) is 5.03. The van der Waals surface area contributed by atoms with Gasteiger partial charge in [0.1, 0.15) is 0 Å². The largest absolute Gasteiger partial charge is 0.0588 e. The molecule has 1 radical (unpaired) electrons. The van der Waals surface area contributed by atoms with Gasteiger partial charge in [-0.05, 0) is 42.7 Å². The maximum absolute atomic E-state index is 3.88. The average molecular weight is 215 g/mol. The minimum Gasteiger partial charge on any atom is -0.0588 e. The Balaban J connectivity index is 1.88. The van der Waals surface area contributed by atoms with Gasteiger partial charge in [0.15, 0.2) is 0 Å². The molecule has 0 aromatic heterocycles. The summed E-state index contributed by atoms with van der Waals surface area (Å²) in [6.45, 7) is 3.88. The fourth-order valence-corrected chi connectivity index (χ4v) is 2.72. The van der Waals surface area contributed by atoms with Gasteiger partial charge >= 0.3 is 0 Å². The summed E-state index contributed by atoms with van der Waals surface area (Å²) in [5.74, 6) is 0.855. The molecule has 0 aliphatic heterocycles. The number of unbranched alkanes of at least 4 members (excludes halogenated alkanes) is 2. The highest BCUT2D eigenvalue weighted by Gasteiger charge is 2.16. The third kappa shape index (κ3) is 3.10. The Kier molecular flexibility index (Phi) is 4.44. The van der Waals surface area contributed by atoms with E-state index in [1.165, 1.54) is 50.5 Å². The molecule has 2 rings (SSSR count). The Labute approximate surface area is 100 Å². The van der Waals surface area contributed by atoms with E-state index in [9.17, 15) is 0 Å². The molecule has 1 saturated carbocycles. The van der Waals surface area contributed by atoms with E-state index < -0.39 is 0 Å². The van der Waals surface area contributed by atoms with Gasteiger partial charge in [-0.15, -0.1) is 0 Å². The number of rotatable bonds is 5. The molecule has 0 heterocycles. The third-order valence-corrected chi connectivity index (χ3v) is 3.77. The van der Waals surface area contributed by atoms with Crippen molar-refractivity contribution in [3.63, 3.8) is 0 Å². The van der Waals surface area contributed by atoms with Crippen molar-refractivity contribution in [3.8, 4) is 0 Å². The van der Waals surface area contributed by atoms with Crippen molar-refractivity contribution in [1.82, 2.24) is 0 Å². The van der Waals surface area contributed by atoms with Crippen LogP contribution in [0, 0.1) is 6.92 Å². The summed E-state index contributed by atoms with van der Waals surface area (Å²) in [6, 6.07) is 9.37. The topological polar surface area (TPSA) is 0 Å². The van der Waals surface area contributed by atoms with Gasteiger partial charge in [0.25, 0.3) is 0 Å². The van der Waals surface area contributed by atoms with Crippen LogP contribution in [0.3, 0.4) is 0 Å². The number of benzene rings is 1. The van der Waals surface area contributed by atoms with E-state index >= 15 is 0 Å². The zero-order chi connectivity index (χ0) is 11.2. The lowest BCUT2D eigenvalue weighted by Gasteiger charge is -2.10. The summed E-state index contributed by atoms with van der Waals surface area (Å²) in [5.41, 5.74) is 3.06. The van der Waals surface area contributed by atoms with Crippen LogP contribution in [0.2, 0.25) is 0 Å². The normalized spacial score (nSPS) is 16.8. The van der Waals surface area contributed by atoms with E-state index in [4.69, 9.17) is 0 Å². The minimum atomic E-state index is 0.855. The van der Waals surface area contributed by atoms with Crippen LogP contribution >= 0.6 is 0 Å². The van der Waals surface area contributed by atoms with Crippen molar-refractivity contribution >= 4 is 0 Å². The van der Waals surface area contributed by atoms with Crippen LogP contribution in [0.25, 0.3) is 0 Å². The Morgan fingerprint density at radius 1 is 1.00 bits per heavy atom. The second-order valence-corrected chi connectivity index (χ2v) is 5.03. The van der Waals surface area contributed by atoms with Crippen molar-refractivity contribution in [2.45, 2.75) is 57.3 Å². The number of aryl methyl sites for hydroxylation is 1. The molecule has 0 bridgehead atoms. The molecule has 87 valence electrons. The van der Waals surface area contributed by atoms with E-state index in [2.05, 4.69) is 31.2 Å². The smallest absolute Gasteiger partial charge is 0.0162 e. The Morgan fingerprint density at radius 2 is 1.69 bits per heavy atom. The first-order chi connectivity index (χ1) is 7.90. The van der Waals surface area contributed by atoms with Crippen LogP contribution in [0.1, 0.15) is 62.0 Å². The van der Waals surface area contributed by atoms with Crippen molar-refractivity contribution in [3.05, 3.63) is 42.3 Å². The van der Waals surface area contributed by atoms with Gasteiger partial charge in [-0.3, -0.25) is 0 Å². The van der Waals surface area contributed by atoms with Crippen molar-refractivity contribution in [2.75, 3.05) is 0 Å². The molecule has 1 aromatic carbocycles. The predicted molar refractivity (Wildman–Crippen MR) is 70.6 cm³/mol. The molecular formula is C16H23. The summed E-state index contributed by atoms with van der Waals surface area (Å²) < 4.78 is 0. The third-order valence-electron chi connectivity index (χ3n) is 3.77.